The van der Waals surface area contributed by atoms with Crippen LogP contribution in [0.15, 0.2) is 66.9 Å². The van der Waals surface area contributed by atoms with Crippen LogP contribution in [0.2, 0.25) is 0 Å². The number of carbonyl (C=O) groups excluding carboxylic acids is 1. The van der Waals surface area contributed by atoms with Gasteiger partial charge in [-0.15, -0.1) is 11.3 Å². The normalized spacial score (nSPS) is 13.6. The molecule has 0 radical (unpaired) electrons. The highest BCUT2D eigenvalue weighted by Crippen LogP contribution is 2.30. The van der Waals surface area contributed by atoms with Crippen LogP contribution in [-0.2, 0) is 19.5 Å². The number of benzene rings is 2. The molecule has 180 valence electrons. The third kappa shape index (κ3) is 4.38. The first-order valence-corrected chi connectivity index (χ1v) is 12.5. The fourth-order valence-electron chi connectivity index (χ4n) is 4.46. The number of amides is 1. The molecule has 3 aromatic heterocycles. The second kappa shape index (κ2) is 9.25. The zero-order valence-corrected chi connectivity index (χ0v) is 20.4. The number of halogens is 1. The predicted octanol–water partition coefficient (Wildman–Crippen LogP) is 4.98. The van der Waals surface area contributed by atoms with E-state index in [1.54, 1.807) is 23.0 Å². The van der Waals surface area contributed by atoms with Crippen LogP contribution in [0.4, 0.5) is 9.52 Å². The van der Waals surface area contributed by atoms with Crippen LogP contribution >= 0.6 is 11.3 Å². The molecule has 5 aromatic rings. The highest BCUT2D eigenvalue weighted by atomic mass is 32.1. The molecule has 0 saturated carbocycles. The number of anilines is 1. The predicted molar refractivity (Wildman–Crippen MR) is 139 cm³/mol. The summed E-state index contributed by atoms with van der Waals surface area (Å²) < 4.78 is 15.5. The molecule has 0 unspecified atom stereocenters. The van der Waals surface area contributed by atoms with Gasteiger partial charge in [0.1, 0.15) is 5.82 Å². The number of rotatable bonds is 5. The molecule has 1 aliphatic rings. The van der Waals surface area contributed by atoms with Crippen molar-refractivity contribution in [2.24, 2.45) is 0 Å². The van der Waals surface area contributed by atoms with Gasteiger partial charge in [-0.2, -0.15) is 5.10 Å². The third-order valence-electron chi connectivity index (χ3n) is 6.29. The molecule has 0 spiro atoms. The number of likely N-dealkylation sites (N-methyl/N-ethyl adjacent to an activating group) is 1. The Bertz CT molecular complexity index is 1580. The van der Waals surface area contributed by atoms with Gasteiger partial charge in [-0.05, 0) is 30.8 Å². The van der Waals surface area contributed by atoms with Crippen LogP contribution in [0, 0.1) is 5.82 Å². The van der Waals surface area contributed by atoms with Gasteiger partial charge in [0.25, 0.3) is 5.91 Å². The SMILES string of the molecule is CN1CCc2nc(NC(=O)c3cc(-c4ccccc4)nc4c3cnn4Cc3cccc(F)c3)sc2C1. The summed E-state index contributed by atoms with van der Waals surface area (Å²) in [6, 6.07) is 17.9. The summed E-state index contributed by atoms with van der Waals surface area (Å²) in [6.07, 6.45) is 2.52. The van der Waals surface area contributed by atoms with Crippen LogP contribution in [0.25, 0.3) is 22.3 Å². The molecule has 0 fully saturated rings. The summed E-state index contributed by atoms with van der Waals surface area (Å²) in [5.74, 6) is -0.566. The zero-order valence-electron chi connectivity index (χ0n) is 19.6. The lowest BCUT2D eigenvalue weighted by Crippen LogP contribution is -2.25. The van der Waals surface area contributed by atoms with Crippen molar-refractivity contribution in [1.29, 1.82) is 0 Å². The average Bonchev–Trinajstić information content (AvgIpc) is 3.47. The molecule has 1 aliphatic heterocycles. The molecule has 7 nitrogen and oxygen atoms in total. The first kappa shape index (κ1) is 22.5. The number of nitrogens with zero attached hydrogens (tertiary/aromatic N) is 5. The summed E-state index contributed by atoms with van der Waals surface area (Å²) >= 11 is 1.52. The van der Waals surface area contributed by atoms with Crippen LogP contribution in [0.3, 0.4) is 0 Å². The zero-order chi connectivity index (χ0) is 24.6. The number of fused-ring (bicyclic) bond motifs is 2. The fourth-order valence-corrected chi connectivity index (χ4v) is 5.54. The minimum absolute atomic E-state index is 0.260. The van der Waals surface area contributed by atoms with Gasteiger partial charge in [0.15, 0.2) is 10.8 Å². The largest absolute Gasteiger partial charge is 0.301 e. The van der Waals surface area contributed by atoms with Crippen LogP contribution < -0.4 is 5.32 Å². The van der Waals surface area contributed by atoms with Crippen molar-refractivity contribution in [3.05, 3.63) is 94.4 Å². The second-order valence-electron chi connectivity index (χ2n) is 8.92. The Balaban J connectivity index is 1.40. The first-order chi connectivity index (χ1) is 17.5. The molecule has 36 heavy (non-hydrogen) atoms. The molecule has 9 heteroatoms. The Morgan fingerprint density at radius 3 is 2.81 bits per heavy atom. The van der Waals surface area contributed by atoms with E-state index in [0.717, 1.165) is 36.3 Å². The Labute approximate surface area is 211 Å². The smallest absolute Gasteiger partial charge is 0.258 e. The van der Waals surface area contributed by atoms with Crippen molar-refractivity contribution in [2.75, 3.05) is 18.9 Å². The van der Waals surface area contributed by atoms with Crippen molar-refractivity contribution in [2.45, 2.75) is 19.5 Å². The van der Waals surface area contributed by atoms with E-state index in [2.05, 4.69) is 27.3 Å². The number of pyridine rings is 1. The molecule has 0 bridgehead atoms. The highest BCUT2D eigenvalue weighted by molar-refractivity contribution is 7.15. The van der Waals surface area contributed by atoms with E-state index < -0.39 is 0 Å². The molecule has 4 heterocycles. The molecule has 2 aromatic carbocycles. The van der Waals surface area contributed by atoms with Gasteiger partial charge in [-0.1, -0.05) is 42.5 Å². The van der Waals surface area contributed by atoms with Gasteiger partial charge in [-0.3, -0.25) is 10.1 Å². The highest BCUT2D eigenvalue weighted by Gasteiger charge is 2.22. The van der Waals surface area contributed by atoms with Crippen molar-refractivity contribution in [3.8, 4) is 11.3 Å². The topological polar surface area (TPSA) is 75.9 Å². The van der Waals surface area contributed by atoms with Gasteiger partial charge in [-0.25, -0.2) is 19.0 Å². The Hall–Kier alpha value is -3.95. The number of hydrogen-bond acceptors (Lipinski definition) is 6. The number of carbonyl (C=O) groups is 1. The maximum Gasteiger partial charge on any atom is 0.258 e. The molecule has 0 aliphatic carbocycles. The molecule has 1 N–H and O–H groups in total. The average molecular weight is 499 g/mol. The van der Waals surface area contributed by atoms with Crippen LogP contribution in [0.5, 0.6) is 0 Å². The second-order valence-corrected chi connectivity index (χ2v) is 10.0. The summed E-state index contributed by atoms with van der Waals surface area (Å²) in [5.41, 5.74) is 4.40. The Kier molecular flexibility index (Phi) is 5.79. The fraction of sp³-hybridized carbons (Fsp3) is 0.185. The Morgan fingerprint density at radius 1 is 1.11 bits per heavy atom. The lowest BCUT2D eigenvalue weighted by atomic mass is 10.1. The monoisotopic (exact) mass is 498 g/mol. The lowest BCUT2D eigenvalue weighted by molar-refractivity contribution is 0.102. The molecular formula is C27H23FN6OS. The number of thiazole rings is 1. The van der Waals surface area contributed by atoms with E-state index in [0.29, 0.717) is 34.0 Å². The minimum Gasteiger partial charge on any atom is -0.301 e. The minimum atomic E-state index is -0.306. The summed E-state index contributed by atoms with van der Waals surface area (Å²) in [4.78, 5) is 26.5. The summed E-state index contributed by atoms with van der Waals surface area (Å²) in [7, 11) is 2.08. The number of nitrogens with one attached hydrogen (secondary N) is 1. The van der Waals surface area contributed by atoms with E-state index >= 15 is 0 Å². The van der Waals surface area contributed by atoms with Crippen LogP contribution in [-0.4, -0.2) is 44.1 Å². The van der Waals surface area contributed by atoms with E-state index in [1.165, 1.54) is 28.3 Å². The van der Waals surface area contributed by atoms with Gasteiger partial charge < -0.3 is 4.90 Å². The standard InChI is InChI=1S/C27H23FN6OS/c1-33-11-10-22-24(16-33)36-27(31-22)32-26(35)20-13-23(18-7-3-2-4-8-18)30-25-21(20)14-29-34(25)15-17-6-5-9-19(28)12-17/h2-9,12-14H,10-11,15-16H2,1H3,(H,31,32,35). The van der Waals surface area contributed by atoms with E-state index in [-0.39, 0.29) is 11.7 Å². The van der Waals surface area contributed by atoms with Gasteiger partial charge in [0, 0.05) is 30.0 Å². The van der Waals surface area contributed by atoms with E-state index in [9.17, 15) is 9.18 Å². The van der Waals surface area contributed by atoms with Crippen molar-refractivity contribution >= 4 is 33.4 Å². The van der Waals surface area contributed by atoms with E-state index in [1.807, 2.05) is 36.4 Å². The first-order valence-electron chi connectivity index (χ1n) is 11.7. The van der Waals surface area contributed by atoms with Crippen molar-refractivity contribution in [1.82, 2.24) is 24.6 Å². The lowest BCUT2D eigenvalue weighted by Gasteiger charge is -2.20. The van der Waals surface area contributed by atoms with E-state index in [4.69, 9.17) is 4.98 Å². The third-order valence-corrected chi connectivity index (χ3v) is 7.29. The van der Waals surface area contributed by atoms with Gasteiger partial charge in [0.05, 0.1) is 35.1 Å². The van der Waals surface area contributed by atoms with Gasteiger partial charge >= 0.3 is 0 Å². The molecule has 1 amide bonds. The summed E-state index contributed by atoms with van der Waals surface area (Å²) in [5, 5.41) is 8.73. The maximum atomic E-state index is 13.8. The van der Waals surface area contributed by atoms with Crippen LogP contribution in [0.1, 0.15) is 26.5 Å². The summed E-state index contributed by atoms with van der Waals surface area (Å²) in [6.45, 7) is 2.13. The van der Waals surface area contributed by atoms with Crippen molar-refractivity contribution < 1.29 is 9.18 Å². The van der Waals surface area contributed by atoms with Gasteiger partial charge in [0.2, 0.25) is 0 Å². The molecule has 0 atom stereocenters. The van der Waals surface area contributed by atoms with Crippen molar-refractivity contribution in [3.63, 3.8) is 0 Å². The quantitative estimate of drug-likeness (QED) is 0.370. The number of aromatic nitrogens is 4. The molecular weight excluding hydrogens is 475 g/mol. The molecule has 6 rings (SSSR count). The number of hydrogen-bond donors (Lipinski definition) is 1. The maximum absolute atomic E-state index is 13.8. The molecule has 0 saturated heterocycles. The Morgan fingerprint density at radius 2 is 1.97 bits per heavy atom.